The number of anilines is 1. The second-order valence-electron chi connectivity index (χ2n) is 4.11. The summed E-state index contributed by atoms with van der Waals surface area (Å²) in [7, 11) is 0. The van der Waals surface area contributed by atoms with Crippen LogP contribution < -0.4 is 11.1 Å². The van der Waals surface area contributed by atoms with Gasteiger partial charge in [0.05, 0.1) is 0 Å². The van der Waals surface area contributed by atoms with Crippen molar-refractivity contribution >= 4 is 11.6 Å². The van der Waals surface area contributed by atoms with Crippen molar-refractivity contribution in [1.29, 1.82) is 0 Å². The van der Waals surface area contributed by atoms with E-state index in [0.717, 1.165) is 0 Å². The average molecular weight is 226 g/mol. The summed E-state index contributed by atoms with van der Waals surface area (Å²) in [5, 5.41) is 2.56. The SMILES string of the molecule is CC(=O)Nc1ccc(C2(N)CC2(F)F)cc1. The number of benzene rings is 1. The zero-order chi connectivity index (χ0) is 12.0. The van der Waals surface area contributed by atoms with Crippen LogP contribution in [0.4, 0.5) is 14.5 Å². The number of alkyl halides is 2. The Hall–Kier alpha value is -1.49. The average Bonchev–Trinajstić information content (AvgIpc) is 2.67. The molecule has 1 aromatic rings. The topological polar surface area (TPSA) is 55.1 Å². The maximum Gasteiger partial charge on any atom is 0.272 e. The lowest BCUT2D eigenvalue weighted by Gasteiger charge is -2.11. The molecule has 1 amide bonds. The second-order valence-corrected chi connectivity index (χ2v) is 4.11. The van der Waals surface area contributed by atoms with E-state index in [4.69, 9.17) is 5.73 Å². The largest absolute Gasteiger partial charge is 0.326 e. The second kappa shape index (κ2) is 3.25. The fraction of sp³-hybridized carbons (Fsp3) is 0.364. The lowest BCUT2D eigenvalue weighted by Crippen LogP contribution is -2.27. The summed E-state index contributed by atoms with van der Waals surface area (Å²) in [4.78, 5) is 10.8. The third-order valence-electron chi connectivity index (χ3n) is 2.75. The van der Waals surface area contributed by atoms with Crippen molar-refractivity contribution in [3.05, 3.63) is 29.8 Å². The maximum absolute atomic E-state index is 13.0. The van der Waals surface area contributed by atoms with E-state index in [9.17, 15) is 13.6 Å². The van der Waals surface area contributed by atoms with Crippen LogP contribution in [0.1, 0.15) is 18.9 Å². The molecule has 1 aliphatic carbocycles. The molecule has 1 fully saturated rings. The Morgan fingerprint density at radius 2 is 1.88 bits per heavy atom. The number of hydrogen-bond donors (Lipinski definition) is 2. The highest BCUT2D eigenvalue weighted by atomic mass is 19.3. The Morgan fingerprint density at radius 3 is 2.25 bits per heavy atom. The van der Waals surface area contributed by atoms with E-state index in [2.05, 4.69) is 5.32 Å². The van der Waals surface area contributed by atoms with Crippen LogP contribution in [0.25, 0.3) is 0 Å². The van der Waals surface area contributed by atoms with Gasteiger partial charge in [0.25, 0.3) is 5.92 Å². The first-order valence-corrected chi connectivity index (χ1v) is 4.90. The molecule has 3 N–H and O–H groups in total. The lowest BCUT2D eigenvalue weighted by molar-refractivity contribution is -0.114. The van der Waals surface area contributed by atoms with Crippen molar-refractivity contribution in [2.75, 3.05) is 5.32 Å². The molecule has 1 aliphatic rings. The molecule has 0 saturated heterocycles. The van der Waals surface area contributed by atoms with Crippen LogP contribution in [0.5, 0.6) is 0 Å². The van der Waals surface area contributed by atoms with Gasteiger partial charge in [0, 0.05) is 19.0 Å². The van der Waals surface area contributed by atoms with E-state index in [1.165, 1.54) is 19.1 Å². The standard InChI is InChI=1S/C11H12F2N2O/c1-7(16)15-9-4-2-8(3-5-9)10(14)6-11(10,12)13/h2-5H,6,14H2,1H3,(H,15,16). The van der Waals surface area contributed by atoms with Crippen LogP contribution >= 0.6 is 0 Å². The highest BCUT2D eigenvalue weighted by Gasteiger charge is 2.69. The summed E-state index contributed by atoms with van der Waals surface area (Å²) in [5.41, 5.74) is 5.00. The number of rotatable bonds is 2. The van der Waals surface area contributed by atoms with Gasteiger partial charge < -0.3 is 11.1 Å². The van der Waals surface area contributed by atoms with Gasteiger partial charge in [0.15, 0.2) is 0 Å². The number of hydrogen-bond acceptors (Lipinski definition) is 2. The summed E-state index contributed by atoms with van der Waals surface area (Å²) in [5.74, 6) is -3.02. The van der Waals surface area contributed by atoms with Gasteiger partial charge in [-0.15, -0.1) is 0 Å². The molecule has 0 heterocycles. The zero-order valence-corrected chi connectivity index (χ0v) is 8.76. The van der Waals surface area contributed by atoms with Gasteiger partial charge in [0.1, 0.15) is 5.54 Å². The molecule has 1 saturated carbocycles. The third-order valence-corrected chi connectivity index (χ3v) is 2.75. The van der Waals surface area contributed by atoms with Crippen LogP contribution in [0.15, 0.2) is 24.3 Å². The smallest absolute Gasteiger partial charge is 0.272 e. The van der Waals surface area contributed by atoms with E-state index in [1.54, 1.807) is 12.1 Å². The molecule has 5 heteroatoms. The molecule has 1 unspecified atom stereocenters. The molecule has 1 aromatic carbocycles. The molecule has 0 radical (unpaired) electrons. The minimum atomic E-state index is -2.82. The summed E-state index contributed by atoms with van der Waals surface area (Å²) in [6.45, 7) is 1.38. The lowest BCUT2D eigenvalue weighted by atomic mass is 10.1. The summed E-state index contributed by atoms with van der Waals surface area (Å²) >= 11 is 0. The van der Waals surface area contributed by atoms with Crippen LogP contribution in [0.3, 0.4) is 0 Å². The van der Waals surface area contributed by atoms with E-state index in [-0.39, 0.29) is 12.3 Å². The molecule has 1 atom stereocenters. The molecule has 0 aliphatic heterocycles. The van der Waals surface area contributed by atoms with Crippen LogP contribution in [-0.4, -0.2) is 11.8 Å². The molecule has 2 rings (SSSR count). The summed E-state index contributed by atoms with van der Waals surface area (Å²) in [6.07, 6.45) is -0.320. The predicted octanol–water partition coefficient (Wildman–Crippen LogP) is 1.84. The number of amides is 1. The van der Waals surface area contributed by atoms with Crippen LogP contribution in [-0.2, 0) is 10.3 Å². The Kier molecular flexibility index (Phi) is 2.24. The Bertz CT molecular complexity index is 430. The van der Waals surface area contributed by atoms with E-state index >= 15 is 0 Å². The van der Waals surface area contributed by atoms with Crippen molar-refractivity contribution < 1.29 is 13.6 Å². The number of carbonyl (C=O) groups is 1. The van der Waals surface area contributed by atoms with Crippen LogP contribution in [0, 0.1) is 0 Å². The first kappa shape index (κ1) is 11.0. The van der Waals surface area contributed by atoms with Crippen molar-refractivity contribution in [2.24, 2.45) is 5.73 Å². The van der Waals surface area contributed by atoms with E-state index < -0.39 is 11.5 Å². The quantitative estimate of drug-likeness (QED) is 0.808. The Morgan fingerprint density at radius 1 is 1.38 bits per heavy atom. The normalized spacial score (nSPS) is 26.2. The monoisotopic (exact) mass is 226 g/mol. The summed E-state index contributed by atoms with van der Waals surface area (Å²) in [6, 6.07) is 6.18. The van der Waals surface area contributed by atoms with Gasteiger partial charge >= 0.3 is 0 Å². The maximum atomic E-state index is 13.0. The zero-order valence-electron chi connectivity index (χ0n) is 8.76. The van der Waals surface area contributed by atoms with Crippen molar-refractivity contribution in [1.82, 2.24) is 0 Å². The van der Waals surface area contributed by atoms with Crippen molar-refractivity contribution in [2.45, 2.75) is 24.8 Å². The van der Waals surface area contributed by atoms with Crippen molar-refractivity contribution in [3.63, 3.8) is 0 Å². The fourth-order valence-electron chi connectivity index (χ4n) is 1.67. The highest BCUT2D eigenvalue weighted by molar-refractivity contribution is 5.88. The minimum Gasteiger partial charge on any atom is -0.326 e. The number of halogens is 2. The van der Waals surface area contributed by atoms with E-state index in [1.807, 2.05) is 0 Å². The van der Waals surface area contributed by atoms with Crippen LogP contribution in [0.2, 0.25) is 0 Å². The first-order valence-electron chi connectivity index (χ1n) is 4.90. The molecule has 3 nitrogen and oxygen atoms in total. The molecule has 0 bridgehead atoms. The fourth-order valence-corrected chi connectivity index (χ4v) is 1.67. The number of carbonyl (C=O) groups excluding carboxylic acids is 1. The molecule has 16 heavy (non-hydrogen) atoms. The third kappa shape index (κ3) is 1.67. The van der Waals surface area contributed by atoms with Gasteiger partial charge in [0.2, 0.25) is 5.91 Å². The summed E-state index contributed by atoms with van der Waals surface area (Å²) < 4.78 is 26.0. The predicted molar refractivity (Wildman–Crippen MR) is 56.2 cm³/mol. The first-order chi connectivity index (χ1) is 7.35. The van der Waals surface area contributed by atoms with Gasteiger partial charge in [-0.05, 0) is 17.7 Å². The molecular weight excluding hydrogens is 214 g/mol. The molecular formula is C11H12F2N2O. The Balaban J connectivity index is 2.18. The van der Waals surface area contributed by atoms with Gasteiger partial charge in [-0.3, -0.25) is 4.79 Å². The van der Waals surface area contributed by atoms with Crippen molar-refractivity contribution in [3.8, 4) is 0 Å². The molecule has 86 valence electrons. The van der Waals surface area contributed by atoms with Gasteiger partial charge in [-0.25, -0.2) is 8.78 Å². The molecule has 0 aromatic heterocycles. The van der Waals surface area contributed by atoms with Gasteiger partial charge in [-0.2, -0.15) is 0 Å². The Labute approximate surface area is 91.6 Å². The van der Waals surface area contributed by atoms with Gasteiger partial charge in [-0.1, -0.05) is 12.1 Å². The minimum absolute atomic E-state index is 0.202. The molecule has 0 spiro atoms. The van der Waals surface area contributed by atoms with E-state index in [0.29, 0.717) is 11.3 Å². The number of nitrogens with one attached hydrogen (secondary N) is 1. The number of nitrogens with two attached hydrogens (primary N) is 1. The highest BCUT2D eigenvalue weighted by Crippen LogP contribution is 2.57.